The summed E-state index contributed by atoms with van der Waals surface area (Å²) in [5, 5.41) is 5.52. The Bertz CT molecular complexity index is 549. The number of fused-ring (bicyclic) bond motifs is 1. The topological polar surface area (TPSA) is 35.8 Å². The van der Waals surface area contributed by atoms with Crippen LogP contribution in [0.25, 0.3) is 5.52 Å². The molecular weight excluding hydrogens is 260 g/mol. The van der Waals surface area contributed by atoms with Gasteiger partial charge in [0.2, 0.25) is 0 Å². The average Bonchev–Trinajstić information content (AvgIpc) is 2.88. The number of hydrogen-bond acceptors (Lipinski definition) is 4. The van der Waals surface area contributed by atoms with Gasteiger partial charge in [-0.05, 0) is 43.2 Å². The Kier molecular flexibility index (Phi) is 4.06. The molecule has 1 unspecified atom stereocenters. The van der Waals surface area contributed by atoms with Gasteiger partial charge in [0.05, 0.1) is 12.1 Å². The summed E-state index contributed by atoms with van der Waals surface area (Å²) in [5.74, 6) is 0. The van der Waals surface area contributed by atoms with Gasteiger partial charge in [0, 0.05) is 12.8 Å². The van der Waals surface area contributed by atoms with Crippen LogP contribution in [0.5, 0.6) is 0 Å². The molecule has 2 aromatic rings. The van der Waals surface area contributed by atoms with E-state index in [9.17, 15) is 0 Å². The van der Waals surface area contributed by atoms with E-state index >= 15 is 0 Å². The minimum Gasteiger partial charge on any atom is -0.353 e. The first-order valence-corrected chi connectivity index (χ1v) is 7.83. The molecule has 19 heavy (non-hydrogen) atoms. The van der Waals surface area contributed by atoms with E-state index in [1.54, 1.807) is 11.8 Å². The lowest BCUT2D eigenvalue weighted by Crippen LogP contribution is -2.22. The van der Waals surface area contributed by atoms with Gasteiger partial charge in [-0.15, -0.1) is 11.8 Å². The van der Waals surface area contributed by atoms with Crippen molar-refractivity contribution in [2.24, 2.45) is 0 Å². The average molecular weight is 278 g/mol. The van der Waals surface area contributed by atoms with Gasteiger partial charge in [-0.1, -0.05) is 6.07 Å². The molecule has 0 radical (unpaired) electrons. The Labute approximate surface area is 117 Å². The van der Waals surface area contributed by atoms with E-state index in [4.69, 9.17) is 9.47 Å². The van der Waals surface area contributed by atoms with Gasteiger partial charge in [-0.2, -0.15) is 5.10 Å². The number of nitrogens with zero attached hydrogens (tertiary/aromatic N) is 2. The molecule has 3 rings (SSSR count). The van der Waals surface area contributed by atoms with Crippen LogP contribution in [0.3, 0.4) is 0 Å². The molecule has 0 N–H and O–H groups in total. The quantitative estimate of drug-likeness (QED) is 0.805. The second kappa shape index (κ2) is 5.94. The monoisotopic (exact) mass is 278 g/mol. The summed E-state index contributed by atoms with van der Waals surface area (Å²) >= 11 is 1.65. The van der Waals surface area contributed by atoms with Crippen LogP contribution < -0.4 is 0 Å². The Morgan fingerprint density at radius 2 is 2.42 bits per heavy atom. The fourth-order valence-corrected chi connectivity index (χ4v) is 2.63. The SMILES string of the molecule is CSc1cc2ccc(COC3CCCCO3)cn2n1. The van der Waals surface area contributed by atoms with Gasteiger partial charge in [0.1, 0.15) is 5.03 Å². The van der Waals surface area contributed by atoms with Gasteiger partial charge >= 0.3 is 0 Å². The first-order valence-electron chi connectivity index (χ1n) is 6.61. The van der Waals surface area contributed by atoms with Crippen molar-refractivity contribution < 1.29 is 9.47 Å². The highest BCUT2D eigenvalue weighted by Crippen LogP contribution is 2.18. The minimum atomic E-state index is -0.0381. The van der Waals surface area contributed by atoms with Crippen molar-refractivity contribution in [3.8, 4) is 0 Å². The maximum absolute atomic E-state index is 5.78. The number of pyridine rings is 1. The zero-order valence-electron chi connectivity index (χ0n) is 11.0. The van der Waals surface area contributed by atoms with Crippen LogP contribution in [0, 0.1) is 0 Å². The number of thioether (sulfide) groups is 1. The van der Waals surface area contributed by atoms with E-state index in [2.05, 4.69) is 23.3 Å². The second-order valence-electron chi connectivity index (χ2n) is 4.70. The third kappa shape index (κ3) is 3.11. The van der Waals surface area contributed by atoms with Gasteiger partial charge in [-0.25, -0.2) is 4.52 Å². The van der Waals surface area contributed by atoms with Crippen LogP contribution in [0.2, 0.25) is 0 Å². The molecular formula is C14H18N2O2S. The summed E-state index contributed by atoms with van der Waals surface area (Å²) in [7, 11) is 0. The lowest BCUT2D eigenvalue weighted by Gasteiger charge is -2.22. The highest BCUT2D eigenvalue weighted by Gasteiger charge is 2.14. The standard InChI is InChI=1S/C14H18N2O2S/c1-19-13-8-12-6-5-11(9-16(12)15-13)10-18-14-4-2-3-7-17-14/h5-6,8-9,14H,2-4,7,10H2,1H3. The molecule has 0 spiro atoms. The molecule has 0 aliphatic carbocycles. The zero-order valence-corrected chi connectivity index (χ0v) is 11.9. The lowest BCUT2D eigenvalue weighted by atomic mass is 10.2. The van der Waals surface area contributed by atoms with Gasteiger partial charge < -0.3 is 9.47 Å². The maximum Gasteiger partial charge on any atom is 0.158 e. The summed E-state index contributed by atoms with van der Waals surface area (Å²) in [6, 6.07) is 6.25. The fourth-order valence-electron chi connectivity index (χ4n) is 2.22. The van der Waals surface area contributed by atoms with Crippen molar-refractivity contribution in [2.75, 3.05) is 12.9 Å². The Hall–Kier alpha value is -1.04. The molecule has 1 saturated heterocycles. The fraction of sp³-hybridized carbons (Fsp3) is 0.500. The van der Waals surface area contributed by atoms with Crippen LogP contribution in [0.1, 0.15) is 24.8 Å². The van der Waals surface area contributed by atoms with Crippen molar-refractivity contribution in [1.29, 1.82) is 0 Å². The molecule has 102 valence electrons. The number of hydrogen-bond donors (Lipinski definition) is 0. The summed E-state index contributed by atoms with van der Waals surface area (Å²) in [4.78, 5) is 0. The molecule has 4 nitrogen and oxygen atoms in total. The van der Waals surface area contributed by atoms with Crippen LogP contribution in [-0.2, 0) is 16.1 Å². The minimum absolute atomic E-state index is 0.0381. The Morgan fingerprint density at radius 1 is 1.47 bits per heavy atom. The van der Waals surface area contributed by atoms with E-state index in [0.717, 1.165) is 35.6 Å². The van der Waals surface area contributed by atoms with Gasteiger partial charge in [0.25, 0.3) is 0 Å². The summed E-state index contributed by atoms with van der Waals surface area (Å²) < 4.78 is 13.3. The van der Waals surface area contributed by atoms with Crippen LogP contribution in [0.15, 0.2) is 29.4 Å². The highest BCUT2D eigenvalue weighted by atomic mass is 32.2. The first-order chi connectivity index (χ1) is 9.35. The highest BCUT2D eigenvalue weighted by molar-refractivity contribution is 7.98. The van der Waals surface area contributed by atoms with Crippen molar-refractivity contribution >= 4 is 17.3 Å². The zero-order chi connectivity index (χ0) is 13.1. The van der Waals surface area contributed by atoms with E-state index in [1.165, 1.54) is 6.42 Å². The molecule has 1 aliphatic heterocycles. The molecule has 5 heteroatoms. The van der Waals surface area contributed by atoms with E-state index < -0.39 is 0 Å². The molecule has 0 aromatic carbocycles. The molecule has 0 bridgehead atoms. The largest absolute Gasteiger partial charge is 0.353 e. The Balaban J connectivity index is 1.66. The molecule has 0 saturated carbocycles. The predicted molar refractivity (Wildman–Crippen MR) is 75.4 cm³/mol. The summed E-state index contributed by atoms with van der Waals surface area (Å²) in [6.07, 6.45) is 7.37. The van der Waals surface area contributed by atoms with E-state index in [0.29, 0.717) is 6.61 Å². The van der Waals surface area contributed by atoms with Crippen LogP contribution in [-0.4, -0.2) is 28.8 Å². The third-order valence-corrected chi connectivity index (χ3v) is 3.90. The van der Waals surface area contributed by atoms with Gasteiger partial charge in [-0.3, -0.25) is 0 Å². The smallest absolute Gasteiger partial charge is 0.158 e. The maximum atomic E-state index is 5.78. The summed E-state index contributed by atoms with van der Waals surface area (Å²) in [6.45, 7) is 1.40. The molecule has 1 fully saturated rings. The molecule has 1 aliphatic rings. The molecule has 3 heterocycles. The molecule has 0 amide bonds. The normalized spacial score (nSPS) is 19.9. The van der Waals surface area contributed by atoms with Crippen LogP contribution >= 0.6 is 11.8 Å². The third-order valence-electron chi connectivity index (χ3n) is 3.28. The van der Waals surface area contributed by atoms with Gasteiger partial charge in [0.15, 0.2) is 6.29 Å². The molecule has 2 aromatic heterocycles. The van der Waals surface area contributed by atoms with Crippen LogP contribution in [0.4, 0.5) is 0 Å². The second-order valence-corrected chi connectivity index (χ2v) is 5.53. The van der Waals surface area contributed by atoms with Crippen molar-refractivity contribution in [3.05, 3.63) is 30.0 Å². The van der Waals surface area contributed by atoms with E-state index in [1.807, 2.05) is 17.0 Å². The number of ether oxygens (including phenoxy) is 2. The van der Waals surface area contributed by atoms with E-state index in [-0.39, 0.29) is 6.29 Å². The van der Waals surface area contributed by atoms with Crippen molar-refractivity contribution in [2.45, 2.75) is 37.2 Å². The first kappa shape index (κ1) is 13.0. The summed E-state index contributed by atoms with van der Waals surface area (Å²) in [5.41, 5.74) is 2.24. The number of rotatable bonds is 4. The van der Waals surface area contributed by atoms with Crippen molar-refractivity contribution in [1.82, 2.24) is 9.61 Å². The lowest BCUT2D eigenvalue weighted by molar-refractivity contribution is -0.168. The number of aromatic nitrogens is 2. The molecule has 1 atom stereocenters. The van der Waals surface area contributed by atoms with Crippen molar-refractivity contribution in [3.63, 3.8) is 0 Å². The Morgan fingerprint density at radius 3 is 3.21 bits per heavy atom. The predicted octanol–water partition coefficient (Wildman–Crippen LogP) is 3.10.